The number of nitrogens with zero attached hydrogens (tertiary/aromatic N) is 6. The van der Waals surface area contributed by atoms with Crippen LogP contribution in [0, 0.1) is 11.6 Å². The molecule has 1 aromatic carbocycles. The summed E-state index contributed by atoms with van der Waals surface area (Å²) in [6.45, 7) is 1.49. The first-order valence-corrected chi connectivity index (χ1v) is 8.39. The topological polar surface area (TPSA) is 71.2 Å². The van der Waals surface area contributed by atoms with E-state index in [0.717, 1.165) is 38.1 Å². The molecule has 0 bridgehead atoms. The maximum absolute atomic E-state index is 13.4. The number of hydrogen-bond acceptors (Lipinski definition) is 7. The smallest absolute Gasteiger partial charge is 0.265 e. The molecule has 0 amide bonds. The highest BCUT2D eigenvalue weighted by Gasteiger charge is 2.26. The van der Waals surface area contributed by atoms with Crippen molar-refractivity contribution >= 4 is 22.8 Å². The van der Waals surface area contributed by atoms with Crippen molar-refractivity contribution in [3.63, 3.8) is 0 Å². The molecule has 0 spiro atoms. The van der Waals surface area contributed by atoms with Crippen LogP contribution in [-0.2, 0) is 0 Å². The van der Waals surface area contributed by atoms with E-state index in [1.807, 2.05) is 14.1 Å². The van der Waals surface area contributed by atoms with Crippen LogP contribution in [0.2, 0.25) is 0 Å². The Labute approximate surface area is 148 Å². The summed E-state index contributed by atoms with van der Waals surface area (Å²) in [5.74, 6) is 0.231. The molecule has 4 rings (SSSR count). The zero-order valence-corrected chi connectivity index (χ0v) is 14.5. The Morgan fingerprint density at radius 2 is 1.77 bits per heavy atom. The SMILES string of the molecule is CN(C)c1noc(C2CCN(c3cnc4cc(F)c(F)cc4n3)CC2)n1. The van der Waals surface area contributed by atoms with Gasteiger partial charge < -0.3 is 14.3 Å². The Bertz CT molecular complexity index is 936. The molecule has 0 atom stereocenters. The lowest BCUT2D eigenvalue weighted by molar-refractivity contribution is 0.329. The fourth-order valence-electron chi connectivity index (χ4n) is 3.08. The second kappa shape index (κ2) is 6.47. The lowest BCUT2D eigenvalue weighted by atomic mass is 9.97. The molecule has 1 saturated heterocycles. The number of fused-ring (bicyclic) bond motifs is 1. The van der Waals surface area contributed by atoms with Crippen molar-refractivity contribution in [3.05, 3.63) is 35.9 Å². The zero-order valence-electron chi connectivity index (χ0n) is 14.5. The fourth-order valence-corrected chi connectivity index (χ4v) is 3.08. The molecule has 0 N–H and O–H groups in total. The van der Waals surface area contributed by atoms with Gasteiger partial charge >= 0.3 is 0 Å². The fraction of sp³-hybridized carbons (Fsp3) is 0.412. The molecule has 0 unspecified atom stereocenters. The van der Waals surface area contributed by atoms with Gasteiger partial charge in [0.15, 0.2) is 11.6 Å². The molecule has 1 aliphatic rings. The molecule has 26 heavy (non-hydrogen) atoms. The summed E-state index contributed by atoms with van der Waals surface area (Å²) in [5.41, 5.74) is 0.681. The van der Waals surface area contributed by atoms with Crippen LogP contribution in [0.3, 0.4) is 0 Å². The third-order valence-corrected chi connectivity index (χ3v) is 4.57. The lowest BCUT2D eigenvalue weighted by Gasteiger charge is -2.31. The highest BCUT2D eigenvalue weighted by Crippen LogP contribution is 2.30. The zero-order chi connectivity index (χ0) is 18.3. The Morgan fingerprint density at radius 3 is 2.42 bits per heavy atom. The first-order valence-electron chi connectivity index (χ1n) is 8.39. The normalized spacial score (nSPS) is 15.6. The number of halogens is 2. The minimum Gasteiger partial charge on any atom is -0.355 e. The quantitative estimate of drug-likeness (QED) is 0.711. The second-order valence-corrected chi connectivity index (χ2v) is 6.57. The highest BCUT2D eigenvalue weighted by molar-refractivity contribution is 5.75. The van der Waals surface area contributed by atoms with Crippen molar-refractivity contribution in [2.75, 3.05) is 37.0 Å². The molecule has 0 radical (unpaired) electrons. The number of piperidine rings is 1. The molecule has 9 heteroatoms. The summed E-state index contributed by atoms with van der Waals surface area (Å²) in [7, 11) is 3.73. The van der Waals surface area contributed by atoms with Crippen LogP contribution in [0.4, 0.5) is 20.5 Å². The summed E-state index contributed by atoms with van der Waals surface area (Å²) in [6, 6.07) is 2.14. The van der Waals surface area contributed by atoms with Gasteiger partial charge in [0.05, 0.1) is 17.2 Å². The summed E-state index contributed by atoms with van der Waals surface area (Å²) < 4.78 is 32.1. The maximum atomic E-state index is 13.4. The van der Waals surface area contributed by atoms with E-state index in [1.165, 1.54) is 0 Å². The van der Waals surface area contributed by atoms with Gasteiger partial charge in [0.1, 0.15) is 5.82 Å². The van der Waals surface area contributed by atoms with Gasteiger partial charge in [0, 0.05) is 45.2 Å². The number of rotatable bonds is 3. The van der Waals surface area contributed by atoms with Crippen LogP contribution >= 0.6 is 0 Å². The van der Waals surface area contributed by atoms with E-state index in [2.05, 4.69) is 25.0 Å². The third kappa shape index (κ3) is 3.04. The largest absolute Gasteiger partial charge is 0.355 e. The van der Waals surface area contributed by atoms with Crippen molar-refractivity contribution in [1.29, 1.82) is 0 Å². The lowest BCUT2D eigenvalue weighted by Crippen LogP contribution is -2.33. The number of benzene rings is 1. The maximum Gasteiger partial charge on any atom is 0.265 e. The van der Waals surface area contributed by atoms with Gasteiger partial charge in [0.2, 0.25) is 5.89 Å². The van der Waals surface area contributed by atoms with E-state index in [1.54, 1.807) is 11.1 Å². The van der Waals surface area contributed by atoms with E-state index in [4.69, 9.17) is 4.52 Å². The van der Waals surface area contributed by atoms with E-state index in [9.17, 15) is 8.78 Å². The average Bonchev–Trinajstić information content (AvgIpc) is 3.13. The van der Waals surface area contributed by atoms with Gasteiger partial charge in [-0.3, -0.25) is 4.98 Å². The van der Waals surface area contributed by atoms with E-state index in [-0.39, 0.29) is 5.92 Å². The summed E-state index contributed by atoms with van der Waals surface area (Å²) in [5, 5.41) is 3.96. The predicted molar refractivity (Wildman–Crippen MR) is 92.3 cm³/mol. The monoisotopic (exact) mass is 360 g/mol. The Balaban J connectivity index is 1.48. The van der Waals surface area contributed by atoms with Crippen molar-refractivity contribution in [2.24, 2.45) is 0 Å². The highest BCUT2D eigenvalue weighted by atomic mass is 19.2. The minimum absolute atomic E-state index is 0.201. The predicted octanol–water partition coefficient (Wildman–Crippen LogP) is 2.74. The summed E-state index contributed by atoms with van der Waals surface area (Å²) in [6.07, 6.45) is 3.27. The van der Waals surface area contributed by atoms with E-state index >= 15 is 0 Å². The molecular weight excluding hydrogens is 342 g/mol. The van der Waals surface area contributed by atoms with Crippen LogP contribution < -0.4 is 9.80 Å². The van der Waals surface area contributed by atoms with Crippen molar-refractivity contribution < 1.29 is 13.3 Å². The minimum atomic E-state index is -0.921. The number of anilines is 2. The number of hydrogen-bond donors (Lipinski definition) is 0. The molecule has 3 heterocycles. The van der Waals surface area contributed by atoms with E-state index in [0.29, 0.717) is 28.7 Å². The van der Waals surface area contributed by atoms with Gasteiger partial charge in [-0.15, -0.1) is 0 Å². The molecular formula is C17H18F2N6O. The molecule has 3 aromatic rings. The first kappa shape index (κ1) is 16.6. The second-order valence-electron chi connectivity index (χ2n) is 6.57. The van der Waals surface area contributed by atoms with Crippen LogP contribution in [-0.4, -0.2) is 47.3 Å². The van der Waals surface area contributed by atoms with Crippen LogP contribution in [0.5, 0.6) is 0 Å². The Kier molecular flexibility index (Phi) is 4.14. The molecule has 1 fully saturated rings. The van der Waals surface area contributed by atoms with Crippen molar-refractivity contribution in [3.8, 4) is 0 Å². The molecule has 7 nitrogen and oxygen atoms in total. The van der Waals surface area contributed by atoms with Gasteiger partial charge in [0.25, 0.3) is 5.95 Å². The molecule has 2 aromatic heterocycles. The Hall–Kier alpha value is -2.84. The standard InChI is InChI=1S/C17H18F2N6O/c1-24(2)17-22-16(26-23-17)10-3-5-25(6-4-10)15-9-20-13-7-11(18)12(19)8-14(13)21-15/h7-10H,3-6H2,1-2H3. The molecule has 136 valence electrons. The Morgan fingerprint density at radius 1 is 1.08 bits per heavy atom. The third-order valence-electron chi connectivity index (χ3n) is 4.57. The van der Waals surface area contributed by atoms with Gasteiger partial charge in [-0.2, -0.15) is 4.98 Å². The summed E-state index contributed by atoms with van der Waals surface area (Å²) >= 11 is 0. The molecule has 0 saturated carbocycles. The van der Waals surface area contributed by atoms with Crippen LogP contribution in [0.1, 0.15) is 24.7 Å². The van der Waals surface area contributed by atoms with Gasteiger partial charge in [-0.05, 0) is 18.0 Å². The van der Waals surface area contributed by atoms with Gasteiger partial charge in [-0.25, -0.2) is 13.8 Å². The molecule has 1 aliphatic heterocycles. The van der Waals surface area contributed by atoms with Crippen LogP contribution in [0.25, 0.3) is 11.0 Å². The van der Waals surface area contributed by atoms with Crippen LogP contribution in [0.15, 0.2) is 22.9 Å². The van der Waals surface area contributed by atoms with Gasteiger partial charge in [-0.1, -0.05) is 0 Å². The average molecular weight is 360 g/mol. The van der Waals surface area contributed by atoms with Crippen molar-refractivity contribution in [2.45, 2.75) is 18.8 Å². The van der Waals surface area contributed by atoms with E-state index < -0.39 is 11.6 Å². The first-order chi connectivity index (χ1) is 12.5. The van der Waals surface area contributed by atoms with Crippen molar-refractivity contribution in [1.82, 2.24) is 20.1 Å². The summed E-state index contributed by atoms with van der Waals surface area (Å²) in [4.78, 5) is 16.9. The molecule has 0 aliphatic carbocycles. The number of aromatic nitrogens is 4.